The lowest BCUT2D eigenvalue weighted by Gasteiger charge is -2.19. The molecular weight excluding hydrogens is 380 g/mol. The first-order valence-corrected chi connectivity index (χ1v) is 10.1. The van der Waals surface area contributed by atoms with Crippen molar-refractivity contribution in [2.45, 2.75) is 52.1 Å². The molecule has 0 aromatic heterocycles. The van der Waals surface area contributed by atoms with Gasteiger partial charge in [0.2, 0.25) is 5.91 Å². The summed E-state index contributed by atoms with van der Waals surface area (Å²) in [5, 5.41) is 5.42. The highest BCUT2D eigenvalue weighted by Gasteiger charge is 2.19. The minimum atomic E-state index is -0.931. The third kappa shape index (κ3) is 7.70. The molecule has 2 amide bonds. The quantitative estimate of drug-likeness (QED) is 0.651. The van der Waals surface area contributed by atoms with E-state index in [0.717, 1.165) is 11.1 Å². The number of carbonyl (C=O) groups excluding carboxylic acids is 3. The van der Waals surface area contributed by atoms with Crippen molar-refractivity contribution in [2.24, 2.45) is 0 Å². The fourth-order valence-electron chi connectivity index (χ4n) is 2.75. The number of nitrogens with one attached hydrogen (secondary N) is 2. The van der Waals surface area contributed by atoms with Crippen LogP contribution in [-0.4, -0.2) is 30.4 Å². The van der Waals surface area contributed by atoms with E-state index in [1.807, 2.05) is 54.6 Å². The molecule has 0 fully saturated rings. The van der Waals surface area contributed by atoms with Gasteiger partial charge in [0.25, 0.3) is 5.91 Å². The average Bonchev–Trinajstić information content (AvgIpc) is 2.68. The second-order valence-electron chi connectivity index (χ2n) is 8.21. The van der Waals surface area contributed by atoms with E-state index in [1.165, 1.54) is 6.92 Å². The van der Waals surface area contributed by atoms with Crippen LogP contribution in [0, 0.1) is 0 Å². The first kappa shape index (κ1) is 23.1. The molecule has 0 aliphatic rings. The number of hydrogen-bond donors (Lipinski definition) is 2. The summed E-state index contributed by atoms with van der Waals surface area (Å²) < 4.78 is 5.16. The largest absolute Gasteiger partial charge is 0.452 e. The summed E-state index contributed by atoms with van der Waals surface area (Å²) in [7, 11) is 0. The molecule has 6 nitrogen and oxygen atoms in total. The van der Waals surface area contributed by atoms with Gasteiger partial charge in [0.05, 0.1) is 12.8 Å². The van der Waals surface area contributed by atoms with Gasteiger partial charge < -0.3 is 15.4 Å². The Morgan fingerprint density at radius 1 is 0.967 bits per heavy atom. The van der Waals surface area contributed by atoms with Crippen LogP contribution in [0.3, 0.4) is 0 Å². The Morgan fingerprint density at radius 3 is 2.20 bits per heavy atom. The molecule has 0 saturated carbocycles. The van der Waals surface area contributed by atoms with Crippen molar-refractivity contribution in [3.63, 3.8) is 0 Å². The van der Waals surface area contributed by atoms with Gasteiger partial charge in [-0.2, -0.15) is 0 Å². The molecular formula is C24H30N2O4. The van der Waals surface area contributed by atoms with Crippen molar-refractivity contribution in [3.05, 3.63) is 65.7 Å². The second-order valence-corrected chi connectivity index (χ2v) is 8.21. The predicted octanol–water partition coefficient (Wildman–Crippen LogP) is 3.60. The number of rotatable bonds is 8. The van der Waals surface area contributed by atoms with Crippen molar-refractivity contribution in [2.75, 3.05) is 11.9 Å². The zero-order valence-corrected chi connectivity index (χ0v) is 18.0. The van der Waals surface area contributed by atoms with Crippen LogP contribution in [0.25, 0.3) is 0 Å². The van der Waals surface area contributed by atoms with Crippen molar-refractivity contribution in [3.8, 4) is 0 Å². The van der Waals surface area contributed by atoms with Gasteiger partial charge >= 0.3 is 5.97 Å². The minimum absolute atomic E-state index is 0.00156. The molecule has 0 spiro atoms. The Kier molecular flexibility index (Phi) is 8.16. The Balaban J connectivity index is 1.71. The van der Waals surface area contributed by atoms with Gasteiger partial charge in [-0.25, -0.2) is 0 Å². The van der Waals surface area contributed by atoms with E-state index < -0.39 is 18.0 Å². The van der Waals surface area contributed by atoms with Gasteiger partial charge in [-0.3, -0.25) is 14.4 Å². The van der Waals surface area contributed by atoms with Crippen LogP contribution in [-0.2, 0) is 31.0 Å². The molecule has 2 aromatic carbocycles. The van der Waals surface area contributed by atoms with Crippen LogP contribution in [0.15, 0.2) is 54.6 Å². The van der Waals surface area contributed by atoms with E-state index in [1.54, 1.807) is 0 Å². The van der Waals surface area contributed by atoms with E-state index in [0.29, 0.717) is 5.69 Å². The fourth-order valence-corrected chi connectivity index (χ4v) is 2.75. The number of esters is 1. The van der Waals surface area contributed by atoms with Crippen LogP contribution in [0.4, 0.5) is 5.69 Å². The lowest BCUT2D eigenvalue weighted by atomic mass is 9.87. The predicted molar refractivity (Wildman–Crippen MR) is 117 cm³/mol. The normalized spacial score (nSPS) is 12.0. The van der Waals surface area contributed by atoms with Crippen molar-refractivity contribution in [1.29, 1.82) is 0 Å². The fraction of sp³-hybridized carbons (Fsp3) is 0.375. The number of benzene rings is 2. The lowest BCUT2D eigenvalue weighted by molar-refractivity contribution is -0.153. The molecule has 1 unspecified atom stereocenters. The second kappa shape index (κ2) is 10.6. The first-order chi connectivity index (χ1) is 14.1. The zero-order valence-electron chi connectivity index (χ0n) is 18.0. The smallest absolute Gasteiger partial charge is 0.308 e. The van der Waals surface area contributed by atoms with E-state index in [4.69, 9.17) is 4.74 Å². The summed E-state index contributed by atoms with van der Waals surface area (Å²) in [6.45, 7) is 8.03. The monoisotopic (exact) mass is 410 g/mol. The summed E-state index contributed by atoms with van der Waals surface area (Å²) in [6, 6.07) is 16.9. The molecule has 30 heavy (non-hydrogen) atoms. The van der Waals surface area contributed by atoms with Crippen LogP contribution < -0.4 is 10.6 Å². The first-order valence-electron chi connectivity index (χ1n) is 10.1. The molecule has 0 aliphatic heterocycles. The van der Waals surface area contributed by atoms with Crippen LogP contribution in [0.2, 0.25) is 0 Å². The summed E-state index contributed by atoms with van der Waals surface area (Å²) in [5.41, 5.74) is 2.73. The SMILES string of the molecule is CC(OC(=O)CCNC(=O)Cc1ccccc1)C(=O)Nc1ccc(C(C)(C)C)cc1. The Hall–Kier alpha value is -3.15. The third-order valence-electron chi connectivity index (χ3n) is 4.55. The Morgan fingerprint density at radius 2 is 1.60 bits per heavy atom. The lowest BCUT2D eigenvalue weighted by Crippen LogP contribution is -2.32. The number of hydrogen-bond acceptors (Lipinski definition) is 4. The molecule has 0 heterocycles. The number of amides is 2. The maximum Gasteiger partial charge on any atom is 0.308 e. The molecule has 160 valence electrons. The maximum atomic E-state index is 12.3. The molecule has 0 saturated heterocycles. The van der Waals surface area contributed by atoms with Crippen molar-refractivity contribution >= 4 is 23.5 Å². The number of anilines is 1. The van der Waals surface area contributed by atoms with Crippen LogP contribution in [0.5, 0.6) is 0 Å². The highest BCUT2D eigenvalue weighted by atomic mass is 16.5. The molecule has 2 rings (SSSR count). The van der Waals surface area contributed by atoms with E-state index in [2.05, 4.69) is 31.4 Å². The summed E-state index contributed by atoms with van der Waals surface area (Å²) in [4.78, 5) is 36.1. The standard InChI is InChI=1S/C24H30N2O4/c1-17(23(29)26-20-12-10-19(11-13-20)24(2,3)4)30-22(28)14-15-25-21(27)16-18-8-6-5-7-9-18/h5-13,17H,14-16H2,1-4H3,(H,25,27)(H,26,29). The molecule has 1 atom stereocenters. The highest BCUT2D eigenvalue weighted by molar-refractivity contribution is 5.95. The molecule has 6 heteroatoms. The molecule has 2 aromatic rings. The summed E-state index contributed by atoms with van der Waals surface area (Å²) in [6.07, 6.45) is -0.680. The van der Waals surface area contributed by atoms with Gasteiger partial charge in [-0.1, -0.05) is 63.2 Å². The highest BCUT2D eigenvalue weighted by Crippen LogP contribution is 2.23. The molecule has 2 N–H and O–H groups in total. The van der Waals surface area contributed by atoms with Gasteiger partial charge in [-0.05, 0) is 35.6 Å². The van der Waals surface area contributed by atoms with Crippen LogP contribution >= 0.6 is 0 Å². The van der Waals surface area contributed by atoms with Gasteiger partial charge in [0.1, 0.15) is 0 Å². The van der Waals surface area contributed by atoms with E-state index >= 15 is 0 Å². The minimum Gasteiger partial charge on any atom is -0.452 e. The number of ether oxygens (including phenoxy) is 1. The van der Waals surface area contributed by atoms with E-state index in [9.17, 15) is 14.4 Å². The maximum absolute atomic E-state index is 12.3. The van der Waals surface area contributed by atoms with Crippen LogP contribution in [0.1, 0.15) is 45.2 Å². The zero-order chi connectivity index (χ0) is 22.1. The van der Waals surface area contributed by atoms with Gasteiger partial charge in [-0.15, -0.1) is 0 Å². The van der Waals surface area contributed by atoms with Gasteiger partial charge in [0.15, 0.2) is 6.10 Å². The number of carbonyl (C=O) groups is 3. The molecule has 0 bridgehead atoms. The van der Waals surface area contributed by atoms with Crippen molar-refractivity contribution in [1.82, 2.24) is 5.32 Å². The third-order valence-corrected chi connectivity index (χ3v) is 4.55. The topological polar surface area (TPSA) is 84.5 Å². The Labute approximate surface area is 178 Å². The average molecular weight is 411 g/mol. The summed E-state index contributed by atoms with van der Waals surface area (Å²) in [5.74, 6) is -1.11. The molecule has 0 aliphatic carbocycles. The van der Waals surface area contributed by atoms with Crippen molar-refractivity contribution < 1.29 is 19.1 Å². The van der Waals surface area contributed by atoms with E-state index in [-0.39, 0.29) is 30.7 Å². The molecule has 0 radical (unpaired) electrons. The van der Waals surface area contributed by atoms with Gasteiger partial charge in [0, 0.05) is 12.2 Å². The summed E-state index contributed by atoms with van der Waals surface area (Å²) >= 11 is 0. The Bertz CT molecular complexity index is 855.